The fourth-order valence-corrected chi connectivity index (χ4v) is 10.5. The van der Waals surface area contributed by atoms with Gasteiger partial charge in [0, 0.05) is 63.2 Å². The Kier molecular flexibility index (Phi) is 16.4. The number of ketones is 2. The third kappa shape index (κ3) is 12.4. The first-order chi connectivity index (χ1) is 42.3. The minimum Gasteiger partial charge on any atom is -0.493 e. The zero-order chi connectivity index (χ0) is 63.4. The Bertz CT molecular complexity index is 3910. The molecule has 7 aromatic rings. The zero-order valence-corrected chi connectivity index (χ0v) is 48.3. The summed E-state index contributed by atoms with van der Waals surface area (Å²) in [5.74, 6) is -0.503. The van der Waals surface area contributed by atoms with E-state index in [1.54, 1.807) is 23.9 Å². The molecule has 4 atom stereocenters. The molecule has 2 N–H and O–H groups in total. The molecular weight excluding hydrogens is 1180 g/mol. The number of fused-ring (bicyclic) bond motifs is 2. The van der Waals surface area contributed by atoms with E-state index < -0.39 is 94.9 Å². The molecule has 3 aromatic heterocycles. The van der Waals surface area contributed by atoms with Crippen LogP contribution in [0.3, 0.4) is 0 Å². The summed E-state index contributed by atoms with van der Waals surface area (Å²) >= 11 is 0. The van der Waals surface area contributed by atoms with Crippen molar-refractivity contribution in [1.29, 1.82) is 0 Å². The van der Waals surface area contributed by atoms with Crippen LogP contribution in [0, 0.1) is 11.6 Å². The third-order valence-electron chi connectivity index (χ3n) is 16.4. The number of halogens is 8. The van der Waals surface area contributed by atoms with Crippen molar-refractivity contribution in [2.45, 2.75) is 131 Å². The molecule has 0 unspecified atom stereocenters. The number of methoxy groups -OCH3 is 2. The Balaban J connectivity index is 0.000000185. The molecule has 0 radical (unpaired) electrons. The monoisotopic (exact) mass is 1240 g/mol. The number of benzene rings is 4. The standard InChI is InChI=1S/C34H32F4N4O5.C29H26F4N4O5/c1-32(42-17-25(40-41-42)19-3-4-19)18-46-31-24(32)16-29(39-30(31)20-5-8-22(35)9-6-20)33(44,34(36,37)38)14-13-26(43)21-7-12-27(28(15-21)45-2)47-23-10-11-23;1-27(36-37-34)15-41-26-20(27)14-24(35-25(26)16-3-6-18(30)7-4-16)28(39,29(31,32)33)12-11-21(38)17-5-10-22(23(13-17)40-2)42-19-8-9-19/h5-9,12,15-17,19,23,44H,3-4,10-11,13-14,18H2,1-2H3;3-7,10,13-14,19,39H,8-9,11-12,15H2,1-2H3/t32-,33-;27-,28-/m00/s1. The number of aromatic nitrogens is 5. The molecule has 0 spiro atoms. The average Bonchev–Trinajstić information content (AvgIpc) is 1.66. The van der Waals surface area contributed by atoms with Crippen LogP contribution >= 0.6 is 0 Å². The minimum absolute atomic E-state index is 0.000347. The number of pyridine rings is 2. The van der Waals surface area contributed by atoms with Crippen molar-refractivity contribution in [2.75, 3.05) is 27.4 Å². The highest BCUT2D eigenvalue weighted by Gasteiger charge is 2.59. The number of Topliss-reactive ketones (excluding diaryl/α,β-unsaturated/α-hetero) is 2. The fraction of sp³-hybridized carbons (Fsp3) is 0.397. The maximum atomic E-state index is 14.9. The average molecular weight is 1240 g/mol. The molecule has 4 aromatic carbocycles. The number of aliphatic hydroxyl groups is 2. The van der Waals surface area contributed by atoms with Crippen LogP contribution in [-0.2, 0) is 22.3 Å². The van der Waals surface area contributed by atoms with Gasteiger partial charge in [-0.3, -0.25) is 9.59 Å². The second-order valence-corrected chi connectivity index (χ2v) is 23.1. The summed E-state index contributed by atoms with van der Waals surface area (Å²) in [7, 11) is 2.80. The van der Waals surface area contributed by atoms with Crippen LogP contribution in [0.4, 0.5) is 35.1 Å². The first-order valence-electron chi connectivity index (χ1n) is 28.5. The number of alkyl halides is 6. The van der Waals surface area contributed by atoms with Crippen molar-refractivity contribution < 1.29 is 83.3 Å². The lowest BCUT2D eigenvalue weighted by atomic mass is 9.86. The molecule has 26 heteroatoms. The number of carbonyl (C=O) groups excluding carboxylic acids is 2. The van der Waals surface area contributed by atoms with Crippen molar-refractivity contribution in [3.8, 4) is 57.0 Å². The van der Waals surface area contributed by atoms with Crippen LogP contribution in [0.5, 0.6) is 34.5 Å². The lowest BCUT2D eigenvalue weighted by Gasteiger charge is -2.31. The lowest BCUT2D eigenvalue weighted by Crippen LogP contribution is -2.44. The molecular formula is C63H58F8N8O10. The van der Waals surface area contributed by atoms with Gasteiger partial charge in [0.05, 0.1) is 43.5 Å². The fourth-order valence-electron chi connectivity index (χ4n) is 10.5. The van der Waals surface area contributed by atoms with Gasteiger partial charge >= 0.3 is 12.4 Å². The summed E-state index contributed by atoms with van der Waals surface area (Å²) in [5, 5.41) is 35.0. The molecule has 18 nitrogen and oxygen atoms in total. The Hall–Kier alpha value is -8.87. The predicted molar refractivity (Wildman–Crippen MR) is 302 cm³/mol. The molecule has 466 valence electrons. The Morgan fingerprint density at radius 2 is 1.10 bits per heavy atom. The summed E-state index contributed by atoms with van der Waals surface area (Å²) in [4.78, 5) is 37.5. The zero-order valence-electron chi connectivity index (χ0n) is 48.3. The van der Waals surface area contributed by atoms with E-state index in [0.29, 0.717) is 17.1 Å². The van der Waals surface area contributed by atoms with Crippen molar-refractivity contribution in [2.24, 2.45) is 5.11 Å². The van der Waals surface area contributed by atoms with Crippen molar-refractivity contribution >= 4 is 11.6 Å². The highest BCUT2D eigenvalue weighted by atomic mass is 19.4. The van der Waals surface area contributed by atoms with E-state index in [0.717, 1.165) is 74.6 Å². The van der Waals surface area contributed by atoms with E-state index >= 15 is 0 Å². The summed E-state index contributed by atoms with van der Waals surface area (Å²) < 4.78 is 152. The summed E-state index contributed by atoms with van der Waals surface area (Å²) in [6.45, 7) is 3.02. The first-order valence-corrected chi connectivity index (χ1v) is 28.5. The second-order valence-electron chi connectivity index (χ2n) is 23.1. The van der Waals surface area contributed by atoms with Gasteiger partial charge in [-0.1, -0.05) is 10.3 Å². The number of ether oxygens (including phenoxy) is 6. The number of hydrogen-bond donors (Lipinski definition) is 2. The Morgan fingerprint density at radius 3 is 1.53 bits per heavy atom. The molecule has 12 rings (SSSR count). The SMILES string of the molecule is COc1cc(C(=O)CC[C@](O)(c2cc3c(c(-c4ccc(F)cc4)n2)OC[C@]3(C)N=[N+]=[N-])C(F)(F)F)ccc1OC1CC1.COc1cc(C(=O)CC[C@](O)(c2cc3c(c(-c4ccc(F)cc4)n2)OC[C@]3(C)n2cc(C3CC3)nn2)C(F)(F)F)ccc1OC1CC1. The predicted octanol–water partition coefficient (Wildman–Crippen LogP) is 13.2. The van der Waals surface area contributed by atoms with E-state index in [2.05, 4.69) is 30.3 Å². The summed E-state index contributed by atoms with van der Waals surface area (Å²) in [6.07, 6.45) is -6.46. The van der Waals surface area contributed by atoms with Crippen molar-refractivity contribution in [1.82, 2.24) is 25.0 Å². The summed E-state index contributed by atoms with van der Waals surface area (Å²) in [5.41, 5.74) is -0.358. The maximum absolute atomic E-state index is 14.9. The first kappa shape index (κ1) is 61.8. The molecule has 0 saturated heterocycles. The van der Waals surface area contributed by atoms with Crippen LogP contribution in [0.2, 0.25) is 0 Å². The molecule has 0 bridgehead atoms. The van der Waals surface area contributed by atoms with Gasteiger partial charge in [-0.2, -0.15) is 26.3 Å². The van der Waals surface area contributed by atoms with Crippen LogP contribution in [0.1, 0.15) is 133 Å². The quantitative estimate of drug-likeness (QED) is 0.0224. The molecule has 3 aliphatic carbocycles. The molecule has 0 amide bonds. The van der Waals surface area contributed by atoms with Gasteiger partial charge in [-0.25, -0.2) is 23.4 Å². The topological polar surface area (TPSA) is 235 Å². The highest BCUT2D eigenvalue weighted by molar-refractivity contribution is 5.97. The summed E-state index contributed by atoms with van der Waals surface area (Å²) in [6, 6.07) is 20.8. The van der Waals surface area contributed by atoms with Gasteiger partial charge in [0.1, 0.15) is 53.1 Å². The van der Waals surface area contributed by atoms with Crippen molar-refractivity contribution in [3.05, 3.63) is 165 Å². The van der Waals surface area contributed by atoms with E-state index in [9.17, 15) is 54.9 Å². The second kappa shape index (κ2) is 23.6. The van der Waals surface area contributed by atoms with Gasteiger partial charge < -0.3 is 38.6 Å². The molecule has 2 aliphatic heterocycles. The number of rotatable bonds is 21. The molecule has 3 saturated carbocycles. The van der Waals surface area contributed by atoms with Crippen LogP contribution < -0.4 is 28.4 Å². The van der Waals surface area contributed by atoms with Gasteiger partial charge in [0.25, 0.3) is 0 Å². The van der Waals surface area contributed by atoms with E-state index in [4.69, 9.17) is 34.0 Å². The van der Waals surface area contributed by atoms with Gasteiger partial charge in [0.15, 0.2) is 40.3 Å². The van der Waals surface area contributed by atoms with Crippen LogP contribution in [0.15, 0.2) is 108 Å². The number of azide groups is 1. The minimum atomic E-state index is -5.26. The van der Waals surface area contributed by atoms with Crippen LogP contribution in [-0.4, -0.2) is 98.7 Å². The number of nitrogens with zero attached hydrogens (tertiary/aromatic N) is 8. The van der Waals surface area contributed by atoms with Crippen LogP contribution in [0.25, 0.3) is 33.0 Å². The molecule has 3 fully saturated rings. The van der Waals surface area contributed by atoms with Crippen molar-refractivity contribution in [3.63, 3.8) is 0 Å². The van der Waals surface area contributed by atoms with E-state index in [-0.39, 0.29) is 93.5 Å². The largest absolute Gasteiger partial charge is 0.493 e. The normalized spacial score (nSPS) is 19.8. The number of hydrogen-bond acceptors (Lipinski definition) is 15. The Morgan fingerprint density at radius 1 is 0.652 bits per heavy atom. The third-order valence-corrected chi connectivity index (χ3v) is 16.4. The van der Waals surface area contributed by atoms with Gasteiger partial charge in [-0.15, -0.1) is 5.10 Å². The van der Waals surface area contributed by atoms with Gasteiger partial charge in [-0.05, 0) is 168 Å². The molecule has 5 aliphatic rings. The molecule has 5 heterocycles. The Labute approximate surface area is 503 Å². The van der Waals surface area contributed by atoms with E-state index in [1.165, 1.54) is 81.8 Å². The highest BCUT2D eigenvalue weighted by Crippen LogP contribution is 2.52. The van der Waals surface area contributed by atoms with E-state index in [1.807, 2.05) is 0 Å². The lowest BCUT2D eigenvalue weighted by molar-refractivity contribution is -0.270. The molecule has 89 heavy (non-hydrogen) atoms. The van der Waals surface area contributed by atoms with Gasteiger partial charge in [0.2, 0.25) is 11.2 Å². The maximum Gasteiger partial charge on any atom is 0.422 e. The smallest absolute Gasteiger partial charge is 0.422 e. The number of carbonyl (C=O) groups is 2.